The van der Waals surface area contributed by atoms with Crippen molar-refractivity contribution in [3.8, 4) is 0 Å². The fourth-order valence-corrected chi connectivity index (χ4v) is 2.70. The highest BCUT2D eigenvalue weighted by atomic mass is 79.9. The van der Waals surface area contributed by atoms with E-state index >= 15 is 0 Å². The van der Waals surface area contributed by atoms with Gasteiger partial charge >= 0.3 is 0 Å². The van der Waals surface area contributed by atoms with Gasteiger partial charge in [0.25, 0.3) is 0 Å². The first-order valence-electron chi connectivity index (χ1n) is 5.63. The third-order valence-corrected chi connectivity index (χ3v) is 3.75. The first-order chi connectivity index (χ1) is 7.83. The molecule has 2 N–H and O–H groups in total. The van der Waals surface area contributed by atoms with Gasteiger partial charge in [0.2, 0.25) is 0 Å². The van der Waals surface area contributed by atoms with Gasteiger partial charge in [0.05, 0.1) is 12.6 Å². The van der Waals surface area contributed by atoms with Gasteiger partial charge in [-0.2, -0.15) is 0 Å². The van der Waals surface area contributed by atoms with Crippen molar-refractivity contribution in [2.24, 2.45) is 0 Å². The smallest absolute Gasteiger partial charge is 0.0629 e. The Bertz CT molecular complexity index is 340. The second kappa shape index (κ2) is 5.77. The predicted molar refractivity (Wildman–Crippen MR) is 68.4 cm³/mol. The van der Waals surface area contributed by atoms with Crippen LogP contribution in [0.15, 0.2) is 28.7 Å². The van der Waals surface area contributed by atoms with Crippen molar-refractivity contribution < 1.29 is 5.11 Å². The van der Waals surface area contributed by atoms with E-state index < -0.39 is 0 Å². The van der Waals surface area contributed by atoms with Gasteiger partial charge in [0, 0.05) is 30.7 Å². The van der Waals surface area contributed by atoms with E-state index in [9.17, 15) is 5.11 Å². The first kappa shape index (κ1) is 12.0. The van der Waals surface area contributed by atoms with E-state index in [1.54, 1.807) is 0 Å². The van der Waals surface area contributed by atoms with Gasteiger partial charge in [0.15, 0.2) is 0 Å². The van der Waals surface area contributed by atoms with Gasteiger partial charge in [0.1, 0.15) is 0 Å². The molecule has 0 aliphatic carbocycles. The van der Waals surface area contributed by atoms with Crippen LogP contribution in [-0.2, 0) is 0 Å². The lowest BCUT2D eigenvalue weighted by Gasteiger charge is -2.34. The monoisotopic (exact) mass is 284 g/mol. The molecule has 1 heterocycles. The maximum Gasteiger partial charge on any atom is 0.0629 e. The molecule has 1 atom stereocenters. The highest BCUT2D eigenvalue weighted by Crippen LogP contribution is 2.27. The molecule has 1 aromatic carbocycles. The minimum absolute atomic E-state index is 0.109. The van der Waals surface area contributed by atoms with Crippen LogP contribution in [0.25, 0.3) is 0 Å². The minimum atomic E-state index is 0.109. The van der Waals surface area contributed by atoms with Crippen molar-refractivity contribution in [1.82, 2.24) is 10.2 Å². The second-order valence-electron chi connectivity index (χ2n) is 4.01. The second-order valence-corrected chi connectivity index (χ2v) is 4.86. The summed E-state index contributed by atoms with van der Waals surface area (Å²) in [5, 5.41) is 12.9. The summed E-state index contributed by atoms with van der Waals surface area (Å²) >= 11 is 3.55. The number of nitrogens with zero attached hydrogens (tertiary/aromatic N) is 1. The Hall–Kier alpha value is -0.420. The third kappa shape index (κ3) is 2.63. The number of aliphatic hydroxyl groups excluding tert-OH is 1. The first-order valence-corrected chi connectivity index (χ1v) is 6.42. The lowest BCUT2D eigenvalue weighted by atomic mass is 10.1. The largest absolute Gasteiger partial charge is 0.394 e. The van der Waals surface area contributed by atoms with Crippen LogP contribution < -0.4 is 5.32 Å². The Morgan fingerprint density at radius 3 is 2.62 bits per heavy atom. The van der Waals surface area contributed by atoms with Gasteiger partial charge in [-0.15, -0.1) is 0 Å². The van der Waals surface area contributed by atoms with Crippen molar-refractivity contribution >= 4 is 15.9 Å². The highest BCUT2D eigenvalue weighted by Gasteiger charge is 2.22. The van der Waals surface area contributed by atoms with E-state index in [4.69, 9.17) is 0 Å². The zero-order chi connectivity index (χ0) is 11.4. The Morgan fingerprint density at radius 2 is 2.00 bits per heavy atom. The van der Waals surface area contributed by atoms with Crippen LogP contribution in [0.4, 0.5) is 0 Å². The number of benzene rings is 1. The van der Waals surface area contributed by atoms with E-state index in [0.717, 1.165) is 30.7 Å². The zero-order valence-corrected chi connectivity index (χ0v) is 10.8. The van der Waals surface area contributed by atoms with E-state index in [1.165, 1.54) is 5.56 Å². The summed E-state index contributed by atoms with van der Waals surface area (Å²) in [6, 6.07) is 8.23. The van der Waals surface area contributed by atoms with Crippen LogP contribution in [0, 0.1) is 0 Å². The topological polar surface area (TPSA) is 35.5 Å². The molecule has 0 amide bonds. The Labute approximate surface area is 105 Å². The maximum absolute atomic E-state index is 9.57. The van der Waals surface area contributed by atoms with Crippen molar-refractivity contribution in [2.45, 2.75) is 6.04 Å². The molecule has 0 spiro atoms. The number of hydrogen-bond acceptors (Lipinski definition) is 3. The Kier molecular flexibility index (Phi) is 4.35. The summed E-state index contributed by atoms with van der Waals surface area (Å²) in [6.45, 7) is 4.16. The minimum Gasteiger partial charge on any atom is -0.394 e. The number of aliphatic hydroxyl groups is 1. The number of rotatable bonds is 3. The molecule has 1 aliphatic rings. The predicted octanol–water partition coefficient (Wildman–Crippen LogP) is 1.39. The Balaban J connectivity index is 2.18. The van der Waals surface area contributed by atoms with Gasteiger partial charge in [-0.25, -0.2) is 0 Å². The molecule has 1 aromatic rings. The number of halogens is 1. The van der Waals surface area contributed by atoms with Crippen molar-refractivity contribution in [3.63, 3.8) is 0 Å². The van der Waals surface area contributed by atoms with Crippen LogP contribution in [-0.4, -0.2) is 42.8 Å². The molecule has 0 radical (unpaired) electrons. The normalized spacial score (nSPS) is 19.6. The summed E-state index contributed by atoms with van der Waals surface area (Å²) in [4.78, 5) is 2.33. The lowest BCUT2D eigenvalue weighted by molar-refractivity contribution is 0.110. The molecule has 1 saturated heterocycles. The fourth-order valence-electron chi connectivity index (χ4n) is 2.15. The quantitative estimate of drug-likeness (QED) is 0.881. The molecular weight excluding hydrogens is 268 g/mol. The van der Waals surface area contributed by atoms with Crippen LogP contribution in [0.1, 0.15) is 11.6 Å². The van der Waals surface area contributed by atoms with Gasteiger partial charge in [-0.3, -0.25) is 4.90 Å². The maximum atomic E-state index is 9.57. The average Bonchev–Trinajstić information content (AvgIpc) is 2.34. The SMILES string of the molecule is OC[C@@H](c1ccccc1Br)N1CCNCC1. The molecule has 0 bridgehead atoms. The molecular formula is C12H17BrN2O. The van der Waals surface area contributed by atoms with Crippen molar-refractivity contribution in [1.29, 1.82) is 0 Å². The van der Waals surface area contributed by atoms with E-state index in [1.807, 2.05) is 18.2 Å². The Morgan fingerprint density at radius 1 is 1.31 bits per heavy atom. The van der Waals surface area contributed by atoms with Crippen LogP contribution >= 0.6 is 15.9 Å². The molecule has 0 aromatic heterocycles. The summed E-state index contributed by atoms with van der Waals surface area (Å²) in [5.74, 6) is 0. The van der Waals surface area contributed by atoms with Crippen molar-refractivity contribution in [3.05, 3.63) is 34.3 Å². The molecule has 1 fully saturated rings. The molecule has 4 heteroatoms. The van der Waals surface area contributed by atoms with Crippen LogP contribution in [0.3, 0.4) is 0 Å². The summed E-state index contributed by atoms with van der Waals surface area (Å²) in [5.41, 5.74) is 1.17. The number of piperazine rings is 1. The number of hydrogen-bond donors (Lipinski definition) is 2. The van der Waals surface area contributed by atoms with E-state index in [2.05, 4.69) is 32.2 Å². The van der Waals surface area contributed by atoms with E-state index in [-0.39, 0.29) is 12.6 Å². The zero-order valence-electron chi connectivity index (χ0n) is 9.19. The lowest BCUT2D eigenvalue weighted by Crippen LogP contribution is -2.46. The molecule has 16 heavy (non-hydrogen) atoms. The molecule has 0 unspecified atom stereocenters. The highest BCUT2D eigenvalue weighted by molar-refractivity contribution is 9.10. The fraction of sp³-hybridized carbons (Fsp3) is 0.500. The van der Waals surface area contributed by atoms with E-state index in [0.29, 0.717) is 0 Å². The third-order valence-electron chi connectivity index (χ3n) is 3.03. The molecule has 3 nitrogen and oxygen atoms in total. The van der Waals surface area contributed by atoms with Crippen LogP contribution in [0.5, 0.6) is 0 Å². The average molecular weight is 285 g/mol. The standard InChI is InChI=1S/C12H17BrN2O/c13-11-4-2-1-3-10(11)12(9-16)15-7-5-14-6-8-15/h1-4,12,14,16H,5-9H2/t12-/m0/s1. The van der Waals surface area contributed by atoms with Gasteiger partial charge < -0.3 is 10.4 Å². The molecule has 2 rings (SSSR count). The molecule has 0 saturated carbocycles. The summed E-state index contributed by atoms with van der Waals surface area (Å²) in [6.07, 6.45) is 0. The van der Waals surface area contributed by atoms with Crippen molar-refractivity contribution in [2.75, 3.05) is 32.8 Å². The molecule has 88 valence electrons. The van der Waals surface area contributed by atoms with Crippen LogP contribution in [0.2, 0.25) is 0 Å². The number of nitrogens with one attached hydrogen (secondary N) is 1. The van der Waals surface area contributed by atoms with Gasteiger partial charge in [-0.1, -0.05) is 34.1 Å². The molecule has 1 aliphatic heterocycles. The summed E-state index contributed by atoms with van der Waals surface area (Å²) < 4.78 is 1.08. The summed E-state index contributed by atoms with van der Waals surface area (Å²) in [7, 11) is 0. The van der Waals surface area contributed by atoms with Gasteiger partial charge in [-0.05, 0) is 11.6 Å².